The molecule has 0 aliphatic heterocycles. The number of H-pyrrole nitrogens is 1. The van der Waals surface area contributed by atoms with Crippen LogP contribution in [0.3, 0.4) is 0 Å². The zero-order valence-corrected chi connectivity index (χ0v) is 19.7. The third-order valence-electron chi connectivity index (χ3n) is 4.67. The minimum absolute atomic E-state index is 0.0729. The summed E-state index contributed by atoms with van der Waals surface area (Å²) in [4.78, 5) is 12.4. The van der Waals surface area contributed by atoms with Crippen molar-refractivity contribution in [2.24, 2.45) is 4.99 Å². The molecule has 0 atom stereocenters. The number of aromatic hydroxyl groups is 2. The zero-order chi connectivity index (χ0) is 22.1. The summed E-state index contributed by atoms with van der Waals surface area (Å²) in [6.45, 7) is 0. The van der Waals surface area contributed by atoms with Gasteiger partial charge in [0.1, 0.15) is 21.8 Å². The summed E-state index contributed by atoms with van der Waals surface area (Å²) in [7, 11) is 3.18. The average molecular weight is 547 g/mol. The summed E-state index contributed by atoms with van der Waals surface area (Å²) < 4.78 is 11.3. The van der Waals surface area contributed by atoms with Crippen LogP contribution in [-0.2, 0) is 0 Å². The van der Waals surface area contributed by atoms with E-state index in [1.807, 2.05) is 36.4 Å². The fraction of sp³-hybridized carbons (Fsp3) is 0.0909. The number of fused-ring (bicyclic) bond motifs is 1. The molecule has 0 amide bonds. The molecule has 0 radical (unpaired) electrons. The first-order valence-corrected chi connectivity index (χ1v) is 10.7. The number of hydrogen-bond donors (Lipinski definition) is 3. The maximum Gasteiger partial charge on any atom is 0.161 e. The predicted octanol–water partition coefficient (Wildman–Crippen LogP) is 5.93. The standard InChI is InChI=1S/C22H17Br2N3O4/c1-30-17-6-3-11(8-18(17)31-2)22-26-15-5-4-13(9-16(15)27-22)25-10-12-7-14(23)21(29)19(24)20(12)28/h3-10,28-29H,1-2H3,(H,26,27). The number of nitrogens with zero attached hydrogens (tertiary/aromatic N) is 2. The SMILES string of the molecule is COc1ccc(-c2nc3ccc(N=Cc4cc(Br)c(O)c(Br)c4O)cc3[nH]2)cc1OC. The molecule has 0 aliphatic rings. The van der Waals surface area contributed by atoms with Crippen LogP contribution in [0.25, 0.3) is 22.4 Å². The van der Waals surface area contributed by atoms with Crippen molar-refractivity contribution >= 4 is 54.8 Å². The van der Waals surface area contributed by atoms with Gasteiger partial charge >= 0.3 is 0 Å². The Morgan fingerprint density at radius 1 is 0.968 bits per heavy atom. The van der Waals surface area contributed by atoms with E-state index in [9.17, 15) is 10.2 Å². The lowest BCUT2D eigenvalue weighted by Gasteiger charge is -2.08. The van der Waals surface area contributed by atoms with Gasteiger partial charge in [0.15, 0.2) is 11.5 Å². The first kappa shape index (κ1) is 21.2. The highest BCUT2D eigenvalue weighted by Gasteiger charge is 2.13. The summed E-state index contributed by atoms with van der Waals surface area (Å²) in [6, 6.07) is 12.7. The van der Waals surface area contributed by atoms with Gasteiger partial charge in [-0.1, -0.05) is 0 Å². The lowest BCUT2D eigenvalue weighted by molar-refractivity contribution is 0.355. The Bertz CT molecular complexity index is 1320. The van der Waals surface area contributed by atoms with Crippen molar-refractivity contribution in [3.05, 3.63) is 57.0 Å². The maximum absolute atomic E-state index is 10.2. The monoisotopic (exact) mass is 545 g/mol. The van der Waals surface area contributed by atoms with E-state index < -0.39 is 0 Å². The molecule has 0 unspecified atom stereocenters. The van der Waals surface area contributed by atoms with Crippen LogP contribution in [0.4, 0.5) is 5.69 Å². The third-order valence-corrected chi connectivity index (χ3v) is 6.03. The minimum Gasteiger partial charge on any atom is -0.506 e. The van der Waals surface area contributed by atoms with Crippen LogP contribution in [0.1, 0.15) is 5.56 Å². The molecule has 0 bridgehead atoms. The van der Waals surface area contributed by atoms with Crippen LogP contribution in [-0.4, -0.2) is 40.6 Å². The number of hydrogen-bond acceptors (Lipinski definition) is 6. The van der Waals surface area contributed by atoms with Gasteiger partial charge in [-0.3, -0.25) is 4.99 Å². The Labute approximate surface area is 194 Å². The van der Waals surface area contributed by atoms with Crippen LogP contribution in [0.5, 0.6) is 23.0 Å². The Balaban J connectivity index is 1.67. The molecule has 158 valence electrons. The van der Waals surface area contributed by atoms with E-state index in [0.29, 0.717) is 33.0 Å². The number of benzene rings is 3. The Hall–Kier alpha value is -3.04. The first-order chi connectivity index (χ1) is 14.9. The van der Waals surface area contributed by atoms with Gasteiger partial charge in [0.05, 0.1) is 35.4 Å². The van der Waals surface area contributed by atoms with Gasteiger partial charge in [-0.25, -0.2) is 4.98 Å². The molecule has 4 aromatic rings. The molecule has 0 aliphatic carbocycles. The van der Waals surface area contributed by atoms with E-state index in [1.165, 1.54) is 6.21 Å². The number of aromatic nitrogens is 2. The summed E-state index contributed by atoms with van der Waals surface area (Å²) in [5.41, 5.74) is 3.60. The highest BCUT2D eigenvalue weighted by molar-refractivity contribution is 9.11. The summed E-state index contributed by atoms with van der Waals surface area (Å²) in [5, 5.41) is 20.1. The van der Waals surface area contributed by atoms with E-state index in [2.05, 4.69) is 46.8 Å². The number of aromatic amines is 1. The number of phenols is 2. The molecule has 1 heterocycles. The van der Waals surface area contributed by atoms with Crippen molar-refractivity contribution in [3.63, 3.8) is 0 Å². The summed E-state index contributed by atoms with van der Waals surface area (Å²) in [6.07, 6.45) is 1.52. The Morgan fingerprint density at radius 2 is 1.74 bits per heavy atom. The number of rotatable bonds is 5. The van der Waals surface area contributed by atoms with E-state index in [1.54, 1.807) is 20.3 Å². The molecule has 9 heteroatoms. The van der Waals surface area contributed by atoms with Gasteiger partial charge in [0.25, 0.3) is 0 Å². The first-order valence-electron chi connectivity index (χ1n) is 9.07. The number of phenolic OH excluding ortho intramolecular Hbond substituents is 2. The number of ether oxygens (including phenoxy) is 2. The van der Waals surface area contributed by atoms with Gasteiger partial charge in [-0.2, -0.15) is 0 Å². The van der Waals surface area contributed by atoms with Gasteiger partial charge < -0.3 is 24.7 Å². The highest BCUT2D eigenvalue weighted by Crippen LogP contribution is 2.41. The topological polar surface area (TPSA) is 100.0 Å². The molecular formula is C22H17Br2N3O4. The van der Waals surface area contributed by atoms with Crippen LogP contribution < -0.4 is 9.47 Å². The van der Waals surface area contributed by atoms with E-state index in [0.717, 1.165) is 16.6 Å². The van der Waals surface area contributed by atoms with Crippen molar-refractivity contribution in [2.75, 3.05) is 14.2 Å². The van der Waals surface area contributed by atoms with E-state index in [-0.39, 0.29) is 16.0 Å². The molecule has 3 aromatic carbocycles. The number of aliphatic imine (C=N–C) groups is 1. The van der Waals surface area contributed by atoms with Crippen molar-refractivity contribution in [3.8, 4) is 34.4 Å². The molecule has 0 fully saturated rings. The average Bonchev–Trinajstić information content (AvgIpc) is 3.22. The molecule has 1 aromatic heterocycles. The molecule has 7 nitrogen and oxygen atoms in total. The molecule has 0 saturated heterocycles. The van der Waals surface area contributed by atoms with Gasteiger partial charge in [-0.15, -0.1) is 0 Å². The number of nitrogens with one attached hydrogen (secondary N) is 1. The third kappa shape index (κ3) is 4.11. The molecule has 4 rings (SSSR count). The second-order valence-corrected chi connectivity index (χ2v) is 8.22. The van der Waals surface area contributed by atoms with Crippen molar-refractivity contribution < 1.29 is 19.7 Å². The normalized spacial score (nSPS) is 11.4. The van der Waals surface area contributed by atoms with Crippen LogP contribution in [0, 0.1) is 0 Å². The molecule has 0 spiro atoms. The summed E-state index contributed by atoms with van der Waals surface area (Å²) >= 11 is 6.41. The second-order valence-electron chi connectivity index (χ2n) is 6.57. The second kappa shape index (κ2) is 8.60. The van der Waals surface area contributed by atoms with Gasteiger partial charge in [-0.05, 0) is 74.3 Å². The fourth-order valence-corrected chi connectivity index (χ4v) is 4.21. The van der Waals surface area contributed by atoms with Crippen molar-refractivity contribution in [2.45, 2.75) is 0 Å². The predicted molar refractivity (Wildman–Crippen MR) is 127 cm³/mol. The number of methoxy groups -OCH3 is 2. The van der Waals surface area contributed by atoms with E-state index >= 15 is 0 Å². The largest absolute Gasteiger partial charge is 0.506 e. The van der Waals surface area contributed by atoms with Crippen LogP contribution in [0.2, 0.25) is 0 Å². The van der Waals surface area contributed by atoms with Gasteiger partial charge in [0.2, 0.25) is 0 Å². The Kier molecular flexibility index (Phi) is 5.88. The summed E-state index contributed by atoms with van der Waals surface area (Å²) in [5.74, 6) is 1.80. The molecule has 3 N–H and O–H groups in total. The number of halogens is 2. The van der Waals surface area contributed by atoms with Crippen LogP contribution in [0.15, 0.2) is 56.4 Å². The fourth-order valence-electron chi connectivity index (χ4n) is 3.06. The molecule has 31 heavy (non-hydrogen) atoms. The zero-order valence-electron chi connectivity index (χ0n) is 16.5. The lowest BCUT2D eigenvalue weighted by atomic mass is 10.2. The quantitative estimate of drug-likeness (QED) is 0.269. The van der Waals surface area contributed by atoms with Crippen LogP contribution >= 0.6 is 31.9 Å². The van der Waals surface area contributed by atoms with Gasteiger partial charge in [0, 0.05) is 17.3 Å². The lowest BCUT2D eigenvalue weighted by Crippen LogP contribution is -1.91. The smallest absolute Gasteiger partial charge is 0.161 e. The maximum atomic E-state index is 10.2. The number of imidazole rings is 1. The highest BCUT2D eigenvalue weighted by atomic mass is 79.9. The minimum atomic E-state index is -0.0946. The molecule has 0 saturated carbocycles. The molecular weight excluding hydrogens is 530 g/mol. The van der Waals surface area contributed by atoms with E-state index in [4.69, 9.17) is 9.47 Å². The Morgan fingerprint density at radius 3 is 2.48 bits per heavy atom. The van der Waals surface area contributed by atoms with Crippen molar-refractivity contribution in [1.82, 2.24) is 9.97 Å². The van der Waals surface area contributed by atoms with Crippen molar-refractivity contribution in [1.29, 1.82) is 0 Å².